The van der Waals surface area contributed by atoms with Gasteiger partial charge in [-0.3, -0.25) is 9.58 Å². The van der Waals surface area contributed by atoms with Gasteiger partial charge in [-0.25, -0.2) is 13.4 Å². The number of likely N-dealkylation sites (tertiary alicyclic amines) is 1. The van der Waals surface area contributed by atoms with Gasteiger partial charge in [0.1, 0.15) is 23.1 Å². The van der Waals surface area contributed by atoms with Crippen molar-refractivity contribution in [3.63, 3.8) is 0 Å². The average Bonchev–Trinajstić information content (AvgIpc) is 3.48. The zero-order chi connectivity index (χ0) is 29.6. The Hall–Kier alpha value is -2.93. The second-order valence-electron chi connectivity index (χ2n) is 11.3. The van der Waals surface area contributed by atoms with E-state index in [1.54, 1.807) is 27.1 Å². The van der Waals surface area contributed by atoms with Crippen LogP contribution in [0.4, 0.5) is 23.1 Å². The number of halogens is 1. The summed E-state index contributed by atoms with van der Waals surface area (Å²) in [4.78, 5) is 11.1. The minimum Gasteiger partial charge on any atom is -0.488 e. The minimum absolute atomic E-state index is 0.0407. The molecule has 0 spiro atoms. The molecule has 2 aliphatic rings. The zero-order valence-corrected chi connectivity index (χ0v) is 25.8. The van der Waals surface area contributed by atoms with Gasteiger partial charge in [-0.05, 0) is 70.6 Å². The van der Waals surface area contributed by atoms with Crippen LogP contribution in [-0.4, -0.2) is 68.8 Å². The molecule has 1 saturated heterocycles. The van der Waals surface area contributed by atoms with E-state index in [0.29, 0.717) is 5.92 Å². The van der Waals surface area contributed by atoms with E-state index < -0.39 is 21.3 Å². The lowest BCUT2D eigenvalue weighted by atomic mass is 9.82. The van der Waals surface area contributed by atoms with Crippen molar-refractivity contribution in [1.29, 1.82) is 0 Å². The van der Waals surface area contributed by atoms with Gasteiger partial charge < -0.3 is 20.5 Å². The summed E-state index contributed by atoms with van der Waals surface area (Å²) in [7, 11) is -1.99. The first-order chi connectivity index (χ1) is 19.3. The van der Waals surface area contributed by atoms with Crippen LogP contribution in [0.5, 0.6) is 5.75 Å². The molecule has 0 bridgehead atoms. The molecule has 4 heterocycles. The number of piperidine rings is 1. The number of fused-ring (bicyclic) bond motifs is 1. The number of rotatable bonds is 8. The predicted octanol–water partition coefficient (Wildman–Crippen LogP) is 4.68. The molecule has 11 nitrogen and oxygen atoms in total. The maximum Gasteiger partial charge on any atom is 0.229 e. The molecule has 13 heteroatoms. The molecule has 3 N–H and O–H groups in total. The van der Waals surface area contributed by atoms with Crippen molar-refractivity contribution >= 4 is 44.6 Å². The van der Waals surface area contributed by atoms with E-state index in [-0.39, 0.29) is 33.6 Å². The number of aromatic nitrogens is 4. The first-order valence-electron chi connectivity index (χ1n) is 13.9. The Kier molecular flexibility index (Phi) is 8.21. The highest BCUT2D eigenvalue weighted by Crippen LogP contribution is 2.46. The molecule has 1 fully saturated rings. The van der Waals surface area contributed by atoms with E-state index in [9.17, 15) is 13.5 Å². The highest BCUT2D eigenvalue weighted by molar-refractivity contribution is 7.92. The second kappa shape index (κ2) is 11.4. The fourth-order valence-electron chi connectivity index (χ4n) is 5.72. The second-order valence-corrected chi connectivity index (χ2v) is 14.1. The van der Waals surface area contributed by atoms with Gasteiger partial charge in [0.15, 0.2) is 5.82 Å². The molecule has 0 saturated carbocycles. The number of sulfone groups is 1. The number of nitrogens with zero attached hydrogens (tertiary/aromatic N) is 5. The third kappa shape index (κ3) is 5.88. The molecule has 1 aromatic carbocycles. The predicted molar refractivity (Wildman–Crippen MR) is 159 cm³/mol. The monoisotopic (exact) mass is 603 g/mol. The lowest BCUT2D eigenvalue weighted by Gasteiger charge is -2.35. The topological polar surface area (TPSA) is 134 Å². The lowest BCUT2D eigenvalue weighted by molar-refractivity contribution is 0.00298. The number of ether oxygens (including phenoxy) is 1. The molecular formula is C28H38ClN7O4S. The lowest BCUT2D eigenvalue weighted by Crippen LogP contribution is -2.39. The molecule has 5 rings (SSSR count). The van der Waals surface area contributed by atoms with Crippen molar-refractivity contribution in [2.75, 3.05) is 23.7 Å². The van der Waals surface area contributed by atoms with Crippen molar-refractivity contribution < 1.29 is 18.3 Å². The van der Waals surface area contributed by atoms with Crippen LogP contribution in [0, 0.1) is 6.92 Å². The summed E-state index contributed by atoms with van der Waals surface area (Å²) in [5.41, 5.74) is 4.78. The smallest absolute Gasteiger partial charge is 0.229 e. The summed E-state index contributed by atoms with van der Waals surface area (Å²) in [6, 6.07) is 2.08. The Labute approximate surface area is 246 Å². The van der Waals surface area contributed by atoms with Crippen LogP contribution in [0.25, 0.3) is 0 Å². The van der Waals surface area contributed by atoms with Crippen molar-refractivity contribution in [3.05, 3.63) is 40.2 Å². The maximum atomic E-state index is 12.9. The minimum atomic E-state index is -3.64. The molecule has 2 atom stereocenters. The quantitative estimate of drug-likeness (QED) is 0.333. The molecule has 1 unspecified atom stereocenters. The number of aliphatic hydroxyl groups is 1. The van der Waals surface area contributed by atoms with E-state index in [4.69, 9.17) is 16.3 Å². The number of benzene rings is 1. The Balaban J connectivity index is 1.44. The molecule has 222 valence electrons. The van der Waals surface area contributed by atoms with E-state index >= 15 is 0 Å². The van der Waals surface area contributed by atoms with Crippen LogP contribution in [0.15, 0.2) is 23.5 Å². The first-order valence-corrected chi connectivity index (χ1v) is 15.9. The standard InChI is InChI=1S/C28H38ClN7O4S/c1-15(2)41(38,39)27-23(14-35(6)34-27)31-26-21(29)13-30-28(33-26)32-22-11-16(3)24(20-12-17(4)40-25(20)22)19-7-9-36(10-8-19)18(5)37/h11,13-15,17-19,37H,7-10,12H2,1-6H3,(H2,30,31,32,33)/t17-,18?/m1/s1. The van der Waals surface area contributed by atoms with Crippen LogP contribution >= 0.6 is 11.6 Å². The van der Waals surface area contributed by atoms with Crippen molar-refractivity contribution in [2.45, 2.75) is 82.4 Å². The van der Waals surface area contributed by atoms with Gasteiger partial charge in [-0.2, -0.15) is 10.1 Å². The molecule has 0 amide bonds. The number of anilines is 4. The van der Waals surface area contributed by atoms with Gasteiger partial charge in [0.2, 0.25) is 20.8 Å². The number of hydrogen-bond donors (Lipinski definition) is 3. The fraction of sp³-hybridized carbons (Fsp3) is 0.536. The molecule has 41 heavy (non-hydrogen) atoms. The Morgan fingerprint density at radius 2 is 1.88 bits per heavy atom. The number of hydrogen-bond acceptors (Lipinski definition) is 10. The van der Waals surface area contributed by atoms with Gasteiger partial charge in [0.25, 0.3) is 0 Å². The number of aliphatic hydroxyl groups excluding tert-OH is 1. The van der Waals surface area contributed by atoms with Crippen LogP contribution in [0.2, 0.25) is 5.02 Å². The average molecular weight is 604 g/mol. The summed E-state index contributed by atoms with van der Waals surface area (Å²) in [5, 5.41) is 20.0. The Bertz CT molecular complexity index is 1550. The van der Waals surface area contributed by atoms with Crippen LogP contribution in [0.1, 0.15) is 63.1 Å². The van der Waals surface area contributed by atoms with Gasteiger partial charge in [-0.15, -0.1) is 0 Å². The third-order valence-electron chi connectivity index (χ3n) is 7.84. The zero-order valence-electron chi connectivity index (χ0n) is 24.3. The van der Waals surface area contributed by atoms with E-state index in [1.165, 1.54) is 27.6 Å². The van der Waals surface area contributed by atoms with Gasteiger partial charge >= 0.3 is 0 Å². The molecule has 3 aromatic rings. The maximum absolute atomic E-state index is 12.9. The summed E-state index contributed by atoms with van der Waals surface area (Å²) < 4.78 is 33.5. The number of nitrogens with one attached hydrogen (secondary N) is 2. The van der Waals surface area contributed by atoms with E-state index in [2.05, 4.69) is 50.5 Å². The third-order valence-corrected chi connectivity index (χ3v) is 10.2. The molecule has 0 aliphatic carbocycles. The molecule has 2 aromatic heterocycles. The summed E-state index contributed by atoms with van der Waals surface area (Å²) in [5.74, 6) is 1.75. The highest BCUT2D eigenvalue weighted by atomic mass is 35.5. The van der Waals surface area contributed by atoms with E-state index in [0.717, 1.165) is 43.8 Å². The largest absolute Gasteiger partial charge is 0.488 e. The van der Waals surface area contributed by atoms with Crippen LogP contribution in [0.3, 0.4) is 0 Å². The summed E-state index contributed by atoms with van der Waals surface area (Å²) in [6.45, 7) is 11.0. The van der Waals surface area contributed by atoms with E-state index in [1.807, 2.05) is 6.92 Å². The number of aryl methyl sites for hydroxylation is 2. The molecular weight excluding hydrogens is 566 g/mol. The fourth-order valence-corrected chi connectivity index (χ4v) is 6.96. The SMILES string of the molecule is Cc1cc(Nc2ncc(Cl)c(Nc3cn(C)nc3S(=O)(=O)C(C)C)n2)c2c(c1C1CCN(C(C)O)CC1)C[C@@H](C)O2. The summed E-state index contributed by atoms with van der Waals surface area (Å²) >= 11 is 6.42. The summed E-state index contributed by atoms with van der Waals surface area (Å²) in [6.07, 6.45) is 5.44. The molecule has 0 radical (unpaired) electrons. The first kappa shape index (κ1) is 29.6. The van der Waals surface area contributed by atoms with Crippen molar-refractivity contribution in [1.82, 2.24) is 24.6 Å². The van der Waals surface area contributed by atoms with Crippen molar-refractivity contribution in [3.8, 4) is 5.75 Å². The Morgan fingerprint density at radius 1 is 1.17 bits per heavy atom. The van der Waals surface area contributed by atoms with Gasteiger partial charge in [0, 0.05) is 38.3 Å². The Morgan fingerprint density at radius 3 is 2.54 bits per heavy atom. The van der Waals surface area contributed by atoms with Crippen LogP contribution in [-0.2, 0) is 23.3 Å². The van der Waals surface area contributed by atoms with Gasteiger partial charge in [-0.1, -0.05) is 11.6 Å². The van der Waals surface area contributed by atoms with Gasteiger partial charge in [0.05, 0.1) is 22.8 Å². The molecule has 2 aliphatic heterocycles. The normalized spacial score (nSPS) is 18.8. The highest BCUT2D eigenvalue weighted by Gasteiger charge is 2.33. The van der Waals surface area contributed by atoms with Crippen molar-refractivity contribution in [2.24, 2.45) is 7.05 Å². The van der Waals surface area contributed by atoms with Crippen LogP contribution < -0.4 is 15.4 Å².